The molecule has 0 aliphatic rings. The molecule has 1 aromatic heterocycles. The van der Waals surface area contributed by atoms with E-state index in [0.717, 1.165) is 11.1 Å². The number of hydrogen-bond acceptors (Lipinski definition) is 5. The SMILES string of the molecule is [C-]#[N+]c1cccc(-n2nc(C)cc2C(=O)Nc2cccc(C(O)c3cc(OCc4ccccc4)ccc3OCc3ccccc3)c2)c1. The number of amides is 1. The summed E-state index contributed by atoms with van der Waals surface area (Å²) in [5.74, 6) is 0.725. The summed E-state index contributed by atoms with van der Waals surface area (Å²) in [5, 5.41) is 19.1. The van der Waals surface area contributed by atoms with Crippen molar-refractivity contribution in [3.8, 4) is 17.2 Å². The molecule has 232 valence electrons. The zero-order valence-corrected chi connectivity index (χ0v) is 25.7. The zero-order chi connectivity index (χ0) is 32.6. The van der Waals surface area contributed by atoms with E-state index in [-0.39, 0.29) is 5.91 Å². The lowest BCUT2D eigenvalue weighted by Gasteiger charge is -2.19. The second kappa shape index (κ2) is 14.3. The largest absolute Gasteiger partial charge is 0.489 e. The number of aromatic nitrogens is 2. The molecule has 1 amide bonds. The van der Waals surface area contributed by atoms with Crippen molar-refractivity contribution >= 4 is 17.3 Å². The minimum atomic E-state index is -1.08. The summed E-state index contributed by atoms with van der Waals surface area (Å²) >= 11 is 0. The third kappa shape index (κ3) is 7.56. The number of nitrogens with one attached hydrogen (secondary N) is 1. The molecule has 0 aliphatic carbocycles. The van der Waals surface area contributed by atoms with E-state index >= 15 is 0 Å². The van der Waals surface area contributed by atoms with E-state index in [9.17, 15) is 9.90 Å². The molecule has 5 aromatic carbocycles. The number of ether oxygens (including phenoxy) is 2. The minimum absolute atomic E-state index is 0.315. The van der Waals surface area contributed by atoms with Crippen LogP contribution in [0, 0.1) is 13.5 Å². The third-order valence-electron chi connectivity index (χ3n) is 7.49. The molecular weight excluding hydrogens is 588 g/mol. The molecule has 0 spiro atoms. The lowest BCUT2D eigenvalue weighted by Crippen LogP contribution is -2.17. The molecule has 2 N–H and O–H groups in total. The van der Waals surface area contributed by atoms with Crippen molar-refractivity contribution < 1.29 is 19.4 Å². The maximum Gasteiger partial charge on any atom is 0.274 e. The average Bonchev–Trinajstić information content (AvgIpc) is 3.52. The summed E-state index contributed by atoms with van der Waals surface area (Å²) in [6, 6.07) is 40.8. The van der Waals surface area contributed by atoms with E-state index in [1.54, 1.807) is 73.7 Å². The Morgan fingerprint density at radius 1 is 0.830 bits per heavy atom. The molecule has 0 fully saturated rings. The van der Waals surface area contributed by atoms with E-state index in [4.69, 9.17) is 16.0 Å². The van der Waals surface area contributed by atoms with Crippen LogP contribution in [0.1, 0.15) is 44.5 Å². The van der Waals surface area contributed by atoms with Gasteiger partial charge in [-0.05, 0) is 72.1 Å². The van der Waals surface area contributed by atoms with Gasteiger partial charge in [0.05, 0.1) is 18.0 Å². The first kappa shape index (κ1) is 30.8. The first-order chi connectivity index (χ1) is 23.0. The van der Waals surface area contributed by atoms with Gasteiger partial charge in [-0.1, -0.05) is 84.9 Å². The van der Waals surface area contributed by atoms with Gasteiger partial charge in [-0.25, -0.2) is 9.53 Å². The van der Waals surface area contributed by atoms with Crippen LogP contribution in [0.15, 0.2) is 133 Å². The molecule has 8 heteroatoms. The van der Waals surface area contributed by atoms with E-state index in [0.29, 0.717) is 64.3 Å². The van der Waals surface area contributed by atoms with Gasteiger partial charge in [-0.3, -0.25) is 4.79 Å². The van der Waals surface area contributed by atoms with Gasteiger partial charge in [0.2, 0.25) is 0 Å². The fourth-order valence-electron chi connectivity index (χ4n) is 5.15. The fourth-order valence-corrected chi connectivity index (χ4v) is 5.15. The van der Waals surface area contributed by atoms with Crippen LogP contribution in [-0.4, -0.2) is 20.8 Å². The highest BCUT2D eigenvalue weighted by molar-refractivity contribution is 6.03. The van der Waals surface area contributed by atoms with Crippen molar-refractivity contribution in [2.24, 2.45) is 0 Å². The summed E-state index contributed by atoms with van der Waals surface area (Å²) in [4.78, 5) is 17.0. The Kier molecular flexibility index (Phi) is 9.38. The van der Waals surface area contributed by atoms with Crippen LogP contribution in [0.4, 0.5) is 11.4 Å². The van der Waals surface area contributed by atoms with Gasteiger partial charge in [-0.2, -0.15) is 5.10 Å². The van der Waals surface area contributed by atoms with Crippen LogP contribution < -0.4 is 14.8 Å². The van der Waals surface area contributed by atoms with Gasteiger partial charge in [0, 0.05) is 11.3 Å². The number of aliphatic hydroxyl groups excluding tert-OH is 1. The smallest absolute Gasteiger partial charge is 0.274 e. The van der Waals surface area contributed by atoms with Crippen molar-refractivity contribution in [2.45, 2.75) is 26.2 Å². The Morgan fingerprint density at radius 2 is 1.53 bits per heavy atom. The van der Waals surface area contributed by atoms with Gasteiger partial charge >= 0.3 is 0 Å². The molecule has 0 radical (unpaired) electrons. The van der Waals surface area contributed by atoms with Crippen LogP contribution >= 0.6 is 0 Å². The lowest BCUT2D eigenvalue weighted by atomic mass is 9.99. The molecule has 1 heterocycles. The number of benzene rings is 5. The second-order valence-corrected chi connectivity index (χ2v) is 10.9. The molecule has 6 rings (SSSR count). The number of aryl methyl sites for hydroxylation is 1. The molecule has 8 nitrogen and oxygen atoms in total. The summed E-state index contributed by atoms with van der Waals surface area (Å²) in [6.07, 6.45) is -1.08. The molecular formula is C39H32N4O4. The molecule has 0 saturated carbocycles. The first-order valence-electron chi connectivity index (χ1n) is 15.1. The van der Waals surface area contributed by atoms with Gasteiger partial charge < -0.3 is 19.9 Å². The van der Waals surface area contributed by atoms with Crippen LogP contribution in [0.5, 0.6) is 11.5 Å². The summed E-state index contributed by atoms with van der Waals surface area (Å²) in [7, 11) is 0. The number of rotatable bonds is 11. The quantitative estimate of drug-likeness (QED) is 0.143. The van der Waals surface area contributed by atoms with Crippen molar-refractivity contribution in [3.63, 3.8) is 0 Å². The molecule has 6 aromatic rings. The van der Waals surface area contributed by atoms with Crippen LogP contribution in [0.3, 0.4) is 0 Å². The monoisotopic (exact) mass is 620 g/mol. The minimum Gasteiger partial charge on any atom is -0.489 e. The highest BCUT2D eigenvalue weighted by Crippen LogP contribution is 2.35. The summed E-state index contributed by atoms with van der Waals surface area (Å²) < 4.78 is 13.8. The Morgan fingerprint density at radius 3 is 2.26 bits per heavy atom. The molecule has 1 atom stereocenters. The number of hydrogen-bond donors (Lipinski definition) is 2. The van der Waals surface area contributed by atoms with E-state index < -0.39 is 6.10 Å². The number of carbonyl (C=O) groups is 1. The fraction of sp³-hybridized carbons (Fsp3) is 0.103. The number of carbonyl (C=O) groups excluding carboxylic acids is 1. The Labute approximate surface area is 273 Å². The maximum atomic E-state index is 13.5. The van der Waals surface area contributed by atoms with Crippen LogP contribution in [0.25, 0.3) is 10.5 Å². The maximum absolute atomic E-state index is 13.5. The van der Waals surface area contributed by atoms with Crippen LogP contribution in [0.2, 0.25) is 0 Å². The zero-order valence-electron chi connectivity index (χ0n) is 25.7. The second-order valence-electron chi connectivity index (χ2n) is 10.9. The van der Waals surface area contributed by atoms with E-state index in [2.05, 4.69) is 15.3 Å². The normalized spacial score (nSPS) is 11.3. The van der Waals surface area contributed by atoms with Gasteiger partial charge in [0.25, 0.3) is 5.91 Å². The summed E-state index contributed by atoms with van der Waals surface area (Å²) in [5.41, 5.74) is 5.64. The van der Waals surface area contributed by atoms with Gasteiger partial charge in [0.1, 0.15) is 36.5 Å². The van der Waals surface area contributed by atoms with E-state index in [1.807, 2.05) is 66.7 Å². The van der Waals surface area contributed by atoms with Crippen molar-refractivity contribution in [3.05, 3.63) is 179 Å². The lowest BCUT2D eigenvalue weighted by molar-refractivity contribution is 0.101. The van der Waals surface area contributed by atoms with Crippen molar-refractivity contribution in [2.75, 3.05) is 5.32 Å². The third-order valence-corrected chi connectivity index (χ3v) is 7.49. The highest BCUT2D eigenvalue weighted by atomic mass is 16.5. The number of nitrogens with zero attached hydrogens (tertiary/aromatic N) is 3. The van der Waals surface area contributed by atoms with Gasteiger partial charge in [0.15, 0.2) is 5.69 Å². The predicted molar refractivity (Wildman–Crippen MR) is 181 cm³/mol. The highest BCUT2D eigenvalue weighted by Gasteiger charge is 2.20. The Hall–Kier alpha value is -6.17. The average molecular weight is 621 g/mol. The molecule has 0 bridgehead atoms. The molecule has 1 unspecified atom stereocenters. The van der Waals surface area contributed by atoms with Gasteiger partial charge in [-0.15, -0.1) is 0 Å². The van der Waals surface area contributed by atoms with Crippen LogP contribution in [-0.2, 0) is 13.2 Å². The first-order valence-corrected chi connectivity index (χ1v) is 15.1. The Bertz CT molecular complexity index is 2030. The molecule has 47 heavy (non-hydrogen) atoms. The summed E-state index contributed by atoms with van der Waals surface area (Å²) in [6.45, 7) is 9.84. The van der Waals surface area contributed by atoms with Crippen molar-refractivity contribution in [1.82, 2.24) is 9.78 Å². The Balaban J connectivity index is 1.25. The predicted octanol–water partition coefficient (Wildman–Crippen LogP) is 8.22. The van der Waals surface area contributed by atoms with E-state index in [1.165, 1.54) is 4.68 Å². The van der Waals surface area contributed by atoms with Crippen molar-refractivity contribution in [1.29, 1.82) is 0 Å². The number of aliphatic hydroxyl groups is 1. The topological polar surface area (TPSA) is 90.0 Å². The molecule has 0 saturated heterocycles. The standard InChI is InChI=1S/C39H32N4O4/c1-27-21-36(43(42-27)33-18-10-16-31(23-33)40-2)39(45)41-32-17-9-15-30(22-32)38(44)35-24-34(46-25-28-11-5-3-6-12-28)19-20-37(35)47-26-29-13-7-4-8-14-29/h3-24,38,44H,25-26H2,1H3,(H,41,45). The molecule has 0 aliphatic heterocycles. The number of anilines is 1.